The molecule has 1 aromatic rings. The number of ether oxygens (including phenoxy) is 1. The van der Waals surface area contributed by atoms with Gasteiger partial charge in [0.25, 0.3) is 0 Å². The monoisotopic (exact) mass is 251 g/mol. The first-order valence-corrected chi connectivity index (χ1v) is 6.31. The summed E-state index contributed by atoms with van der Waals surface area (Å²) in [5, 5.41) is 7.20. The number of aromatic nitrogens is 2. The molecule has 1 aromatic heterocycles. The maximum atomic E-state index is 10.9. The lowest BCUT2D eigenvalue weighted by molar-refractivity contribution is -0.119. The Morgan fingerprint density at radius 1 is 1.61 bits per heavy atom. The Balaban J connectivity index is 2.08. The first kappa shape index (κ1) is 12.9. The first-order valence-electron chi connectivity index (χ1n) is 6.31. The number of carbonyl (C=O) groups excluding carboxylic acids is 1. The summed E-state index contributed by atoms with van der Waals surface area (Å²) in [6.07, 6.45) is 1.89. The maximum Gasteiger partial charge on any atom is 0.216 e. The van der Waals surface area contributed by atoms with E-state index in [1.165, 1.54) is 6.92 Å². The number of nitrogens with one attached hydrogen (secondary N) is 1. The molecule has 2 rings (SSSR count). The Morgan fingerprint density at radius 2 is 2.33 bits per heavy atom. The van der Waals surface area contributed by atoms with Gasteiger partial charge < -0.3 is 10.1 Å². The van der Waals surface area contributed by atoms with E-state index in [9.17, 15) is 4.79 Å². The molecule has 1 unspecified atom stereocenters. The second-order valence-electron chi connectivity index (χ2n) is 5.91. The van der Waals surface area contributed by atoms with Crippen molar-refractivity contribution in [3.05, 3.63) is 11.8 Å². The zero-order valence-electron chi connectivity index (χ0n) is 11.5. The molecular formula is C13H21N3O2. The van der Waals surface area contributed by atoms with Crippen LogP contribution >= 0.6 is 0 Å². The summed E-state index contributed by atoms with van der Waals surface area (Å²) < 4.78 is 7.71. The average molecular weight is 251 g/mol. The summed E-state index contributed by atoms with van der Waals surface area (Å²) in [6, 6.07) is 0. The fourth-order valence-corrected chi connectivity index (χ4v) is 2.08. The van der Waals surface area contributed by atoms with Gasteiger partial charge >= 0.3 is 0 Å². The summed E-state index contributed by atoms with van der Waals surface area (Å²) in [5.74, 6) is 1.16. The topological polar surface area (TPSA) is 56.1 Å². The van der Waals surface area contributed by atoms with Crippen LogP contribution in [0.4, 0.5) is 0 Å². The van der Waals surface area contributed by atoms with Crippen molar-refractivity contribution < 1.29 is 9.53 Å². The van der Waals surface area contributed by atoms with Gasteiger partial charge in [-0.25, -0.2) is 4.68 Å². The number of rotatable bonds is 2. The van der Waals surface area contributed by atoms with E-state index in [1.54, 1.807) is 0 Å². The van der Waals surface area contributed by atoms with E-state index in [2.05, 4.69) is 31.2 Å². The van der Waals surface area contributed by atoms with Crippen molar-refractivity contribution in [3.63, 3.8) is 0 Å². The third kappa shape index (κ3) is 2.66. The van der Waals surface area contributed by atoms with E-state index in [-0.39, 0.29) is 17.2 Å². The smallest absolute Gasteiger partial charge is 0.216 e. The zero-order chi connectivity index (χ0) is 13.3. The molecule has 1 atom stereocenters. The van der Waals surface area contributed by atoms with Gasteiger partial charge in [0.05, 0.1) is 19.3 Å². The lowest BCUT2D eigenvalue weighted by Crippen LogP contribution is -2.36. The molecule has 5 nitrogen and oxygen atoms in total. The van der Waals surface area contributed by atoms with Crippen molar-refractivity contribution in [1.82, 2.24) is 15.1 Å². The van der Waals surface area contributed by atoms with Gasteiger partial charge in [-0.15, -0.1) is 0 Å². The van der Waals surface area contributed by atoms with Crippen LogP contribution in [0.5, 0.6) is 5.88 Å². The quantitative estimate of drug-likeness (QED) is 0.862. The minimum Gasteiger partial charge on any atom is -0.477 e. The van der Waals surface area contributed by atoms with Crippen molar-refractivity contribution in [3.8, 4) is 5.88 Å². The highest BCUT2D eigenvalue weighted by Crippen LogP contribution is 2.33. The van der Waals surface area contributed by atoms with Crippen molar-refractivity contribution in [2.75, 3.05) is 13.2 Å². The predicted octanol–water partition coefficient (Wildman–Crippen LogP) is 1.33. The lowest BCUT2D eigenvalue weighted by atomic mass is 9.89. The zero-order valence-corrected chi connectivity index (χ0v) is 11.5. The molecule has 1 aliphatic rings. The highest BCUT2D eigenvalue weighted by atomic mass is 16.5. The third-order valence-corrected chi connectivity index (χ3v) is 3.13. The maximum absolute atomic E-state index is 10.9. The molecule has 5 heteroatoms. The summed E-state index contributed by atoms with van der Waals surface area (Å²) in [4.78, 5) is 10.9. The average Bonchev–Trinajstić information content (AvgIpc) is 2.68. The molecule has 0 aliphatic carbocycles. The van der Waals surface area contributed by atoms with E-state index in [1.807, 2.05) is 10.9 Å². The van der Waals surface area contributed by atoms with E-state index < -0.39 is 0 Å². The van der Waals surface area contributed by atoms with Gasteiger partial charge in [-0.2, -0.15) is 5.10 Å². The molecule has 0 saturated carbocycles. The first-order chi connectivity index (χ1) is 8.38. The molecule has 1 aliphatic heterocycles. The van der Waals surface area contributed by atoms with Gasteiger partial charge in [-0.3, -0.25) is 4.79 Å². The molecule has 1 amide bonds. The van der Waals surface area contributed by atoms with Gasteiger partial charge in [0.15, 0.2) is 0 Å². The summed E-state index contributed by atoms with van der Waals surface area (Å²) >= 11 is 0. The lowest BCUT2D eigenvalue weighted by Gasteiger charge is -2.27. The van der Waals surface area contributed by atoms with Crippen LogP contribution in [0, 0.1) is 5.92 Å². The van der Waals surface area contributed by atoms with Crippen molar-refractivity contribution in [1.29, 1.82) is 0 Å². The minimum atomic E-state index is -0.00311. The standard InChI is InChI=1S/C13H21N3O2/c1-9(17)14-5-10-7-16-12(18-8-10)11(6-15-16)13(2,3)4/h6,10H,5,7-8H2,1-4H3,(H,14,17). The number of carbonyl (C=O) groups is 1. The number of amides is 1. The molecule has 2 heterocycles. The number of hydrogen-bond donors (Lipinski definition) is 1. The SMILES string of the molecule is CC(=O)NCC1COc2c(C(C)(C)C)cnn2C1. The largest absolute Gasteiger partial charge is 0.477 e. The molecule has 0 radical (unpaired) electrons. The Hall–Kier alpha value is -1.52. The van der Waals surface area contributed by atoms with Crippen LogP contribution in [0.1, 0.15) is 33.3 Å². The van der Waals surface area contributed by atoms with Crippen LogP contribution in [0.2, 0.25) is 0 Å². The second-order valence-corrected chi connectivity index (χ2v) is 5.91. The predicted molar refractivity (Wildman–Crippen MR) is 68.6 cm³/mol. The van der Waals surface area contributed by atoms with E-state index >= 15 is 0 Å². The summed E-state index contributed by atoms with van der Waals surface area (Å²) in [7, 11) is 0. The number of fused-ring (bicyclic) bond motifs is 1. The molecule has 0 spiro atoms. The Morgan fingerprint density at radius 3 is 2.94 bits per heavy atom. The van der Waals surface area contributed by atoms with Crippen molar-refractivity contribution >= 4 is 5.91 Å². The van der Waals surface area contributed by atoms with Crippen molar-refractivity contribution in [2.45, 2.75) is 39.7 Å². The van der Waals surface area contributed by atoms with Crippen LogP contribution in [0.3, 0.4) is 0 Å². The Bertz CT molecular complexity index is 446. The summed E-state index contributed by atoms with van der Waals surface area (Å²) in [5.41, 5.74) is 1.18. The van der Waals surface area contributed by atoms with Crippen LogP contribution in [0.15, 0.2) is 6.20 Å². The molecule has 18 heavy (non-hydrogen) atoms. The molecule has 0 fully saturated rings. The second kappa shape index (κ2) is 4.63. The summed E-state index contributed by atoms with van der Waals surface area (Å²) in [6.45, 7) is 10.0. The fourth-order valence-electron chi connectivity index (χ4n) is 2.08. The van der Waals surface area contributed by atoms with Gasteiger partial charge in [0, 0.05) is 24.9 Å². The normalized spacial score (nSPS) is 19.0. The van der Waals surface area contributed by atoms with Crippen LogP contribution < -0.4 is 10.1 Å². The van der Waals surface area contributed by atoms with E-state index in [4.69, 9.17) is 4.74 Å². The van der Waals surface area contributed by atoms with Crippen LogP contribution in [-0.2, 0) is 16.8 Å². The molecule has 0 aromatic carbocycles. The minimum absolute atomic E-state index is 0.00311. The van der Waals surface area contributed by atoms with Gasteiger partial charge in [-0.1, -0.05) is 20.8 Å². The molecule has 100 valence electrons. The molecule has 0 saturated heterocycles. The molecule has 0 bridgehead atoms. The van der Waals surface area contributed by atoms with Crippen LogP contribution in [0.25, 0.3) is 0 Å². The molecule has 1 N–H and O–H groups in total. The number of nitrogens with zero attached hydrogens (tertiary/aromatic N) is 2. The van der Waals surface area contributed by atoms with E-state index in [0.29, 0.717) is 13.2 Å². The Kier molecular flexibility index (Phi) is 3.32. The van der Waals surface area contributed by atoms with Gasteiger partial charge in [-0.05, 0) is 5.41 Å². The number of hydrogen-bond acceptors (Lipinski definition) is 3. The Labute approximate surface area is 108 Å². The fraction of sp³-hybridized carbons (Fsp3) is 0.692. The van der Waals surface area contributed by atoms with Crippen molar-refractivity contribution in [2.24, 2.45) is 5.92 Å². The third-order valence-electron chi connectivity index (χ3n) is 3.13. The molecular weight excluding hydrogens is 230 g/mol. The highest BCUT2D eigenvalue weighted by Gasteiger charge is 2.28. The van der Waals surface area contributed by atoms with E-state index in [0.717, 1.165) is 18.0 Å². The van der Waals surface area contributed by atoms with Gasteiger partial charge in [0.1, 0.15) is 0 Å². The van der Waals surface area contributed by atoms with Gasteiger partial charge in [0.2, 0.25) is 11.8 Å². The highest BCUT2D eigenvalue weighted by molar-refractivity contribution is 5.72. The van der Waals surface area contributed by atoms with Crippen LogP contribution in [-0.4, -0.2) is 28.8 Å².